The second kappa shape index (κ2) is 11.9. The zero-order valence-corrected chi connectivity index (χ0v) is 19.4. The van der Waals surface area contributed by atoms with Gasteiger partial charge in [-0.3, -0.25) is 24.3 Å². The lowest BCUT2D eigenvalue weighted by atomic mass is 10.1. The molecule has 1 aromatic rings. The van der Waals surface area contributed by atoms with E-state index in [0.717, 1.165) is 28.5 Å². The molecule has 35 heavy (non-hydrogen) atoms. The molecule has 3 heterocycles. The number of fused-ring (bicyclic) bond motifs is 1. The molecule has 0 saturated carbocycles. The van der Waals surface area contributed by atoms with Crippen LogP contribution in [0.1, 0.15) is 6.92 Å². The lowest BCUT2D eigenvalue weighted by Crippen LogP contribution is -2.66. The third-order valence-electron chi connectivity index (χ3n) is 4.15. The first kappa shape index (κ1) is 28.0. The molecule has 2 atom stereocenters. The molecular weight excluding hydrogens is 519 g/mol. The summed E-state index contributed by atoms with van der Waals surface area (Å²) in [5.74, 6) is -5.75. The van der Waals surface area contributed by atoms with Crippen molar-refractivity contribution < 1.29 is 51.7 Å². The van der Waals surface area contributed by atoms with Crippen molar-refractivity contribution in [3.8, 4) is 0 Å². The van der Waals surface area contributed by atoms with Crippen LogP contribution in [0.25, 0.3) is 0 Å². The Morgan fingerprint density at radius 2 is 1.91 bits per heavy atom. The van der Waals surface area contributed by atoms with Crippen LogP contribution in [0.3, 0.4) is 0 Å². The smallest absolute Gasteiger partial charge is 0.477 e. The number of thioether (sulfide) groups is 2. The monoisotopic (exact) mass is 537 g/mol. The number of pyridine rings is 1. The Morgan fingerprint density at radius 3 is 2.43 bits per heavy atom. The van der Waals surface area contributed by atoms with Gasteiger partial charge >= 0.3 is 24.1 Å². The van der Waals surface area contributed by atoms with E-state index < -0.39 is 47.2 Å². The third kappa shape index (κ3) is 7.61. The summed E-state index contributed by atoms with van der Waals surface area (Å²) in [5, 5.41) is 8.15. The number of primary amides is 1. The number of carbonyl (C=O) groups excluding carboxylic acids is 4. The average molecular weight is 537 g/mol. The lowest BCUT2D eigenvalue weighted by molar-refractivity contribution is -0.212. The molecule has 190 valence electrons. The molecule has 0 aliphatic carbocycles. The average Bonchev–Trinajstić information content (AvgIpc) is 2.79. The second-order valence-corrected chi connectivity index (χ2v) is 8.86. The van der Waals surface area contributed by atoms with Gasteiger partial charge in [-0.1, -0.05) is 0 Å². The Balaban J connectivity index is 0.000000328. The Hall–Kier alpha value is -3.27. The van der Waals surface area contributed by atoms with Crippen molar-refractivity contribution in [2.45, 2.75) is 29.5 Å². The Labute approximate surface area is 204 Å². The van der Waals surface area contributed by atoms with Gasteiger partial charge in [-0.2, -0.15) is 13.2 Å². The molecule has 3 rings (SSSR count). The fourth-order valence-corrected chi connectivity index (χ4v) is 4.61. The maximum atomic E-state index is 12.2. The number of carboxylic acids is 1. The summed E-state index contributed by atoms with van der Waals surface area (Å²) < 4.78 is 45.4. The van der Waals surface area contributed by atoms with Gasteiger partial charge in [0, 0.05) is 35.5 Å². The first-order valence-corrected chi connectivity index (χ1v) is 11.5. The largest absolute Gasteiger partial charge is 0.490 e. The van der Waals surface area contributed by atoms with E-state index in [0.29, 0.717) is 5.75 Å². The van der Waals surface area contributed by atoms with Gasteiger partial charge in [0.1, 0.15) is 17.7 Å². The van der Waals surface area contributed by atoms with Crippen molar-refractivity contribution >= 4 is 53.2 Å². The van der Waals surface area contributed by atoms with E-state index in [-0.39, 0.29) is 23.8 Å². The number of rotatable bonds is 7. The Morgan fingerprint density at radius 1 is 1.29 bits per heavy atom. The zero-order valence-electron chi connectivity index (χ0n) is 17.8. The van der Waals surface area contributed by atoms with E-state index in [2.05, 4.69) is 9.72 Å². The molecule has 0 bridgehead atoms. The van der Waals surface area contributed by atoms with Crippen LogP contribution in [0.15, 0.2) is 40.7 Å². The standard InChI is InChI=1S/C12H10F3NO7S.C7H8N2OS/c1-4(17)22-2-5-3-24-9-7(23-11(21)12(13,14)15)8(18)16(9)6(5)10(19)20;8-7(10)5-11-6-1-3-9-4-2-6/h7,9H,2-3H2,1H3,(H,19,20);1-4H,5H2,(H2,8,10)/t7-,9-;/m1./s1. The summed E-state index contributed by atoms with van der Waals surface area (Å²) >= 11 is 2.32. The molecule has 1 saturated heterocycles. The number of nitrogens with zero attached hydrogens (tertiary/aromatic N) is 2. The van der Waals surface area contributed by atoms with E-state index in [1.807, 2.05) is 12.1 Å². The van der Waals surface area contributed by atoms with Crippen LogP contribution in [0.4, 0.5) is 13.2 Å². The Kier molecular flexibility index (Phi) is 9.53. The molecule has 0 spiro atoms. The van der Waals surface area contributed by atoms with Crippen molar-refractivity contribution in [3.63, 3.8) is 0 Å². The number of carbonyl (C=O) groups is 5. The molecule has 0 aromatic carbocycles. The fourth-order valence-electron chi connectivity index (χ4n) is 2.69. The van der Waals surface area contributed by atoms with E-state index in [4.69, 9.17) is 10.5 Å². The van der Waals surface area contributed by atoms with Crippen molar-refractivity contribution in [1.82, 2.24) is 9.88 Å². The molecule has 1 aromatic heterocycles. The van der Waals surface area contributed by atoms with Crippen LogP contribution in [-0.2, 0) is 33.4 Å². The quantitative estimate of drug-likeness (QED) is 0.289. The van der Waals surface area contributed by atoms with Gasteiger partial charge in [0.25, 0.3) is 5.91 Å². The molecule has 16 heteroatoms. The number of carboxylic acid groups (broad SMARTS) is 1. The van der Waals surface area contributed by atoms with Gasteiger partial charge in [-0.05, 0) is 12.1 Å². The highest BCUT2D eigenvalue weighted by atomic mass is 32.2. The molecule has 0 radical (unpaired) electrons. The van der Waals surface area contributed by atoms with Crippen molar-refractivity contribution in [3.05, 3.63) is 35.8 Å². The number of aromatic nitrogens is 1. The maximum absolute atomic E-state index is 12.2. The van der Waals surface area contributed by atoms with Crippen LogP contribution >= 0.6 is 23.5 Å². The Bertz CT molecular complexity index is 1040. The molecule has 11 nitrogen and oxygen atoms in total. The highest BCUT2D eigenvalue weighted by molar-refractivity contribution is 8.00. The summed E-state index contributed by atoms with van der Waals surface area (Å²) in [4.78, 5) is 60.8. The number of esters is 2. The number of ether oxygens (including phenoxy) is 2. The second-order valence-electron chi connectivity index (χ2n) is 6.71. The number of hydrogen-bond acceptors (Lipinski definition) is 10. The van der Waals surface area contributed by atoms with Gasteiger partial charge < -0.3 is 20.3 Å². The van der Waals surface area contributed by atoms with Crippen LogP contribution in [0.2, 0.25) is 0 Å². The van der Waals surface area contributed by atoms with Gasteiger partial charge in [0.05, 0.1) is 5.75 Å². The van der Waals surface area contributed by atoms with Crippen LogP contribution in [0, 0.1) is 0 Å². The maximum Gasteiger partial charge on any atom is 0.490 e. The molecule has 2 aliphatic heterocycles. The summed E-state index contributed by atoms with van der Waals surface area (Å²) in [5.41, 5.74) is 4.60. The van der Waals surface area contributed by atoms with E-state index in [9.17, 15) is 42.3 Å². The van der Waals surface area contributed by atoms with Gasteiger partial charge in [-0.25, -0.2) is 9.59 Å². The number of amides is 2. The minimum absolute atomic E-state index is 0.0105. The number of halogens is 3. The minimum Gasteiger partial charge on any atom is -0.477 e. The van der Waals surface area contributed by atoms with Crippen molar-refractivity contribution in [2.75, 3.05) is 18.1 Å². The lowest BCUT2D eigenvalue weighted by Gasteiger charge is -2.48. The highest BCUT2D eigenvalue weighted by Crippen LogP contribution is 2.42. The highest BCUT2D eigenvalue weighted by Gasteiger charge is 2.58. The van der Waals surface area contributed by atoms with Crippen LogP contribution < -0.4 is 5.73 Å². The summed E-state index contributed by atoms with van der Waals surface area (Å²) in [6, 6.07) is 3.68. The first-order valence-electron chi connectivity index (χ1n) is 9.45. The number of nitrogens with two attached hydrogens (primary N) is 1. The van der Waals surface area contributed by atoms with E-state index >= 15 is 0 Å². The van der Waals surface area contributed by atoms with Crippen LogP contribution in [0.5, 0.6) is 0 Å². The van der Waals surface area contributed by atoms with Gasteiger partial charge in [-0.15, -0.1) is 23.5 Å². The number of β-lactam (4-membered cyclic amide) rings is 1. The minimum atomic E-state index is -5.26. The van der Waals surface area contributed by atoms with Crippen LogP contribution in [-0.4, -0.2) is 80.5 Å². The van der Waals surface area contributed by atoms with Gasteiger partial charge in [0.15, 0.2) is 0 Å². The molecule has 3 N–H and O–H groups in total. The topological polar surface area (TPSA) is 166 Å². The number of alkyl halides is 3. The molecule has 2 aliphatic rings. The fraction of sp³-hybridized carbons (Fsp3) is 0.368. The summed E-state index contributed by atoms with van der Waals surface area (Å²) in [7, 11) is 0. The summed E-state index contributed by atoms with van der Waals surface area (Å²) in [6.07, 6.45) is -3.60. The molecule has 1 fully saturated rings. The van der Waals surface area contributed by atoms with Gasteiger partial charge in [0.2, 0.25) is 12.0 Å². The predicted octanol–water partition coefficient (Wildman–Crippen LogP) is 0.936. The third-order valence-corrected chi connectivity index (χ3v) is 6.50. The zero-order chi connectivity index (χ0) is 26.3. The van der Waals surface area contributed by atoms with Crippen molar-refractivity contribution in [2.24, 2.45) is 5.73 Å². The molecular formula is C19H18F3N3O8S2. The predicted molar refractivity (Wildman–Crippen MR) is 114 cm³/mol. The normalized spacial score (nSPS) is 19.0. The SMILES string of the molecule is CC(=O)OCC1=C(C(=O)O)N2C(=O)[C@@H](OC(=O)C(F)(F)F)[C@H]2SC1.NC(=O)CSc1ccncc1. The van der Waals surface area contributed by atoms with E-state index in [1.165, 1.54) is 11.8 Å². The summed E-state index contributed by atoms with van der Waals surface area (Å²) in [6.45, 7) is 0.745. The molecule has 0 unspecified atom stereocenters. The molecule has 2 amide bonds. The number of hydrogen-bond donors (Lipinski definition) is 2. The first-order chi connectivity index (χ1) is 16.3. The van der Waals surface area contributed by atoms with E-state index in [1.54, 1.807) is 12.4 Å². The number of aliphatic carboxylic acids is 1. The van der Waals surface area contributed by atoms with Crippen molar-refractivity contribution in [1.29, 1.82) is 0 Å².